The first-order chi connectivity index (χ1) is 17.3. The third kappa shape index (κ3) is 5.63. The molecule has 1 aliphatic carbocycles. The van der Waals surface area contributed by atoms with Crippen LogP contribution < -0.4 is 0 Å². The van der Waals surface area contributed by atoms with Crippen LogP contribution in [0.15, 0.2) is 91.0 Å². The number of carbonyl (C=O) groups is 1. The molecule has 4 rings (SSSR count). The normalized spacial score (nSPS) is 19.7. The summed E-state index contributed by atoms with van der Waals surface area (Å²) in [7, 11) is 0.890. The van der Waals surface area contributed by atoms with E-state index in [-0.39, 0.29) is 11.6 Å². The van der Waals surface area contributed by atoms with Crippen molar-refractivity contribution in [2.45, 2.75) is 56.3 Å². The Morgan fingerprint density at radius 1 is 0.833 bits per heavy atom. The predicted molar refractivity (Wildman–Crippen MR) is 131 cm³/mol. The minimum absolute atomic E-state index is 0.0581. The van der Waals surface area contributed by atoms with Crippen LogP contribution in [0.25, 0.3) is 0 Å². The smallest absolute Gasteiger partial charge is 0.432 e. The summed E-state index contributed by atoms with van der Waals surface area (Å²) in [5.41, 5.74) is -1.17. The molecule has 0 saturated heterocycles. The van der Waals surface area contributed by atoms with Crippen LogP contribution in [0.3, 0.4) is 0 Å². The Kier molecular flexibility index (Phi) is 8.11. The van der Waals surface area contributed by atoms with Gasteiger partial charge in [0, 0.05) is 31.8 Å². The molecule has 0 radical (unpaired) electrons. The van der Waals surface area contributed by atoms with E-state index in [1.54, 1.807) is 6.07 Å². The van der Waals surface area contributed by atoms with Gasteiger partial charge in [-0.3, -0.25) is 4.90 Å². The molecule has 0 heterocycles. The Bertz CT molecular complexity index is 1070. The summed E-state index contributed by atoms with van der Waals surface area (Å²) in [6.07, 6.45) is -3.95. The van der Waals surface area contributed by atoms with Crippen molar-refractivity contribution < 1.29 is 27.4 Å². The number of benzene rings is 3. The highest BCUT2D eigenvalue weighted by atomic mass is 19.4. The number of ether oxygens (including phenoxy) is 2. The second kappa shape index (κ2) is 11.3. The van der Waals surface area contributed by atoms with Crippen LogP contribution >= 0.6 is 0 Å². The maximum atomic E-state index is 14.2. The van der Waals surface area contributed by atoms with E-state index in [1.807, 2.05) is 36.4 Å². The molecule has 1 saturated carbocycles. The van der Waals surface area contributed by atoms with Gasteiger partial charge in [-0.2, -0.15) is 13.2 Å². The Hall–Kier alpha value is -3.16. The molecule has 3 aromatic carbocycles. The van der Waals surface area contributed by atoms with Crippen LogP contribution in [0.1, 0.15) is 36.0 Å². The van der Waals surface area contributed by atoms with E-state index in [1.165, 1.54) is 24.3 Å². The molecule has 0 amide bonds. The molecular weight excluding hydrogens is 467 g/mol. The summed E-state index contributed by atoms with van der Waals surface area (Å²) in [5.74, 6) is -1.42. The first-order valence-electron chi connectivity index (χ1n) is 12.0. The second-order valence-electron chi connectivity index (χ2n) is 9.12. The Balaban J connectivity index is 1.51. The van der Waals surface area contributed by atoms with Gasteiger partial charge >= 0.3 is 12.1 Å². The number of nitrogens with zero attached hydrogens (tertiary/aromatic N) is 1. The van der Waals surface area contributed by atoms with Gasteiger partial charge in [0.1, 0.15) is 6.10 Å². The van der Waals surface area contributed by atoms with Crippen molar-refractivity contribution >= 4 is 5.97 Å². The maximum Gasteiger partial charge on any atom is 0.432 e. The zero-order valence-electron chi connectivity index (χ0n) is 20.2. The molecule has 0 spiro atoms. The highest BCUT2D eigenvalue weighted by Crippen LogP contribution is 2.44. The third-order valence-corrected chi connectivity index (χ3v) is 6.78. The van der Waals surface area contributed by atoms with Crippen molar-refractivity contribution in [2.75, 3.05) is 7.11 Å². The van der Waals surface area contributed by atoms with E-state index >= 15 is 0 Å². The van der Waals surface area contributed by atoms with Gasteiger partial charge in [-0.15, -0.1) is 0 Å². The minimum atomic E-state index is -4.98. The van der Waals surface area contributed by atoms with Crippen molar-refractivity contribution in [1.29, 1.82) is 0 Å². The summed E-state index contributed by atoms with van der Waals surface area (Å²) < 4.78 is 53.1. The number of alkyl halides is 3. The van der Waals surface area contributed by atoms with Crippen LogP contribution in [0.4, 0.5) is 13.2 Å². The average molecular weight is 498 g/mol. The molecule has 0 bridgehead atoms. The van der Waals surface area contributed by atoms with Crippen LogP contribution in [0.2, 0.25) is 0 Å². The van der Waals surface area contributed by atoms with Crippen molar-refractivity contribution in [1.82, 2.24) is 4.90 Å². The number of hydrogen-bond donors (Lipinski definition) is 0. The van der Waals surface area contributed by atoms with Gasteiger partial charge in [0.25, 0.3) is 5.60 Å². The topological polar surface area (TPSA) is 38.8 Å². The lowest BCUT2D eigenvalue weighted by atomic mass is 9.92. The standard InChI is InChI=1S/C29H30F3NO3/c1-35-28(29(30,31)32,24-15-9-4-10-16-24)27(34)36-26-18-17-25(19-26)33(20-22-11-5-2-6-12-22)21-23-13-7-3-8-14-23/h2-16,25-26H,17-21H2,1H3/t25-,26+,28-/m1/s1. The molecule has 0 unspecified atom stereocenters. The van der Waals surface area contributed by atoms with Crippen LogP contribution in [0.5, 0.6) is 0 Å². The zero-order chi connectivity index (χ0) is 25.6. The SMILES string of the molecule is CO[C@@](C(=O)O[C@H]1CC[C@@H](N(Cc2ccccc2)Cc2ccccc2)C1)(c1ccccc1)C(F)(F)F. The number of esters is 1. The van der Waals surface area contributed by atoms with Gasteiger partial charge in [0.05, 0.1) is 0 Å². The molecule has 7 heteroatoms. The van der Waals surface area contributed by atoms with E-state index in [2.05, 4.69) is 29.2 Å². The summed E-state index contributed by atoms with van der Waals surface area (Å²) in [5, 5.41) is 0. The highest BCUT2D eigenvalue weighted by Gasteiger charge is 2.64. The minimum Gasteiger partial charge on any atom is -0.460 e. The third-order valence-electron chi connectivity index (χ3n) is 6.78. The molecular formula is C29H30F3NO3. The number of hydrogen-bond acceptors (Lipinski definition) is 4. The van der Waals surface area contributed by atoms with Gasteiger partial charge in [0.2, 0.25) is 0 Å². The zero-order valence-corrected chi connectivity index (χ0v) is 20.2. The molecule has 1 fully saturated rings. The summed E-state index contributed by atoms with van der Waals surface area (Å²) in [6.45, 7) is 1.38. The lowest BCUT2D eigenvalue weighted by Gasteiger charge is -2.33. The highest BCUT2D eigenvalue weighted by molar-refractivity contribution is 5.82. The fourth-order valence-electron chi connectivity index (χ4n) is 4.93. The lowest BCUT2D eigenvalue weighted by Crippen LogP contribution is -2.52. The van der Waals surface area contributed by atoms with E-state index in [9.17, 15) is 18.0 Å². The Labute approximate surface area is 209 Å². The molecule has 0 N–H and O–H groups in total. The summed E-state index contributed by atoms with van der Waals surface area (Å²) in [4.78, 5) is 15.4. The molecule has 36 heavy (non-hydrogen) atoms. The molecule has 0 aromatic heterocycles. The molecule has 3 atom stereocenters. The van der Waals surface area contributed by atoms with E-state index in [0.717, 1.165) is 24.7 Å². The molecule has 4 nitrogen and oxygen atoms in total. The fraction of sp³-hybridized carbons (Fsp3) is 0.345. The first-order valence-corrected chi connectivity index (χ1v) is 12.0. The Morgan fingerprint density at radius 3 is 1.81 bits per heavy atom. The number of halogens is 3. The summed E-state index contributed by atoms with van der Waals surface area (Å²) >= 11 is 0. The monoisotopic (exact) mass is 497 g/mol. The van der Waals surface area contributed by atoms with Crippen molar-refractivity contribution in [2.24, 2.45) is 0 Å². The van der Waals surface area contributed by atoms with Gasteiger partial charge in [-0.05, 0) is 30.4 Å². The van der Waals surface area contributed by atoms with Gasteiger partial charge in [0.15, 0.2) is 0 Å². The maximum absolute atomic E-state index is 14.2. The van der Waals surface area contributed by atoms with Gasteiger partial charge in [-0.1, -0.05) is 91.0 Å². The molecule has 0 aliphatic heterocycles. The predicted octanol–water partition coefficient (Wildman–Crippen LogP) is 6.26. The van der Waals surface area contributed by atoms with Gasteiger partial charge in [-0.25, -0.2) is 4.79 Å². The van der Waals surface area contributed by atoms with Crippen molar-refractivity contribution in [3.63, 3.8) is 0 Å². The summed E-state index contributed by atoms with van der Waals surface area (Å²) in [6, 6.07) is 27.1. The van der Waals surface area contributed by atoms with E-state index < -0.39 is 23.9 Å². The van der Waals surface area contributed by atoms with Crippen LogP contribution in [-0.4, -0.2) is 36.3 Å². The quantitative estimate of drug-likeness (QED) is 0.327. The number of rotatable bonds is 9. The fourth-order valence-corrected chi connectivity index (χ4v) is 4.93. The molecule has 3 aromatic rings. The Morgan fingerprint density at radius 2 is 1.33 bits per heavy atom. The van der Waals surface area contributed by atoms with Crippen molar-refractivity contribution in [3.05, 3.63) is 108 Å². The lowest BCUT2D eigenvalue weighted by molar-refractivity contribution is -0.278. The number of carbonyl (C=O) groups excluding carboxylic acids is 1. The molecule has 1 aliphatic rings. The first kappa shape index (κ1) is 25.9. The van der Waals surface area contributed by atoms with Crippen LogP contribution in [0, 0.1) is 0 Å². The second-order valence-corrected chi connectivity index (χ2v) is 9.12. The largest absolute Gasteiger partial charge is 0.460 e. The molecule has 190 valence electrons. The average Bonchev–Trinajstić information content (AvgIpc) is 3.34. The van der Waals surface area contributed by atoms with E-state index in [4.69, 9.17) is 9.47 Å². The number of methoxy groups -OCH3 is 1. The van der Waals surface area contributed by atoms with Gasteiger partial charge < -0.3 is 9.47 Å². The van der Waals surface area contributed by atoms with E-state index in [0.29, 0.717) is 25.9 Å². The van der Waals surface area contributed by atoms with Crippen LogP contribution in [-0.2, 0) is 33.0 Å². The van der Waals surface area contributed by atoms with Crippen molar-refractivity contribution in [3.8, 4) is 0 Å².